The molecule has 0 amide bonds. The Balaban J connectivity index is 1.69. The summed E-state index contributed by atoms with van der Waals surface area (Å²) in [7, 11) is 0. The van der Waals surface area contributed by atoms with Crippen molar-refractivity contribution in [2.24, 2.45) is 5.92 Å². The summed E-state index contributed by atoms with van der Waals surface area (Å²) >= 11 is 3.73. The Hall–Kier alpha value is -0.540. The van der Waals surface area contributed by atoms with Gasteiger partial charge in [-0.15, -0.1) is 0 Å². The molecular weight excluding hydrogens is 278 g/mol. The first kappa shape index (κ1) is 12.9. The van der Waals surface area contributed by atoms with Gasteiger partial charge in [-0.3, -0.25) is 4.90 Å². The molecule has 2 atom stereocenters. The second-order valence-corrected chi connectivity index (χ2v) is 5.92. The van der Waals surface area contributed by atoms with E-state index < -0.39 is 0 Å². The summed E-state index contributed by atoms with van der Waals surface area (Å²) in [6.45, 7) is 6.47. The zero-order valence-electron chi connectivity index (χ0n) is 10.3. The summed E-state index contributed by atoms with van der Waals surface area (Å²) in [4.78, 5) is 3.18. The van der Waals surface area contributed by atoms with Crippen LogP contribution in [0.4, 0.5) is 0 Å². The highest BCUT2D eigenvalue weighted by Gasteiger charge is 2.23. The number of hydrogen-bond donors (Lipinski definition) is 0. The van der Waals surface area contributed by atoms with Gasteiger partial charge in [-0.2, -0.15) is 0 Å². The molecule has 94 valence electrons. The third kappa shape index (κ3) is 4.00. The first-order chi connectivity index (χ1) is 8.25. The van der Waals surface area contributed by atoms with Gasteiger partial charge in [0.2, 0.25) is 0 Å². The number of nitrogens with zero attached hydrogens (tertiary/aromatic N) is 1. The van der Waals surface area contributed by atoms with E-state index in [9.17, 15) is 0 Å². The number of para-hydroxylation sites is 1. The van der Waals surface area contributed by atoms with Gasteiger partial charge in [0.05, 0.1) is 0 Å². The molecule has 17 heavy (non-hydrogen) atoms. The molecule has 1 aromatic rings. The van der Waals surface area contributed by atoms with Crippen LogP contribution >= 0.6 is 15.9 Å². The topological polar surface area (TPSA) is 12.5 Å². The third-order valence-corrected chi connectivity index (χ3v) is 4.66. The van der Waals surface area contributed by atoms with Crippen molar-refractivity contribution in [3.05, 3.63) is 30.3 Å². The first-order valence-corrected chi connectivity index (χ1v) is 7.21. The standard InChI is InChI=1S/C14H20BrNO/c1-12-11-16(8-7-14(12)15)9-10-17-13-5-3-2-4-6-13/h2-6,12,14H,7-11H2,1H3. The Morgan fingerprint density at radius 3 is 2.82 bits per heavy atom. The molecule has 2 nitrogen and oxygen atoms in total. The number of alkyl halides is 1. The van der Waals surface area contributed by atoms with Gasteiger partial charge < -0.3 is 4.74 Å². The number of rotatable bonds is 4. The van der Waals surface area contributed by atoms with E-state index in [1.54, 1.807) is 0 Å². The molecule has 1 saturated heterocycles. The van der Waals surface area contributed by atoms with Gasteiger partial charge in [0.25, 0.3) is 0 Å². The molecule has 0 bridgehead atoms. The van der Waals surface area contributed by atoms with Crippen LogP contribution in [-0.2, 0) is 0 Å². The maximum Gasteiger partial charge on any atom is 0.119 e. The molecule has 3 heteroatoms. The zero-order chi connectivity index (χ0) is 12.1. The number of benzene rings is 1. The van der Waals surface area contributed by atoms with Crippen LogP contribution in [0.15, 0.2) is 30.3 Å². The highest BCUT2D eigenvalue weighted by molar-refractivity contribution is 9.09. The molecule has 1 heterocycles. The average molecular weight is 298 g/mol. The maximum atomic E-state index is 5.72. The lowest BCUT2D eigenvalue weighted by Gasteiger charge is -2.34. The Bertz CT molecular complexity index is 330. The van der Waals surface area contributed by atoms with Crippen molar-refractivity contribution in [3.8, 4) is 5.75 Å². The molecule has 2 rings (SSSR count). The van der Waals surface area contributed by atoms with Gasteiger partial charge in [-0.25, -0.2) is 0 Å². The predicted molar refractivity (Wildman–Crippen MR) is 74.9 cm³/mol. The minimum atomic E-state index is 0.689. The molecule has 0 saturated carbocycles. The normalized spacial score (nSPS) is 25.8. The number of likely N-dealkylation sites (tertiary alicyclic amines) is 1. The van der Waals surface area contributed by atoms with Crippen molar-refractivity contribution >= 4 is 15.9 Å². The Kier molecular flexibility index (Phi) is 4.86. The molecular formula is C14H20BrNO. The lowest BCUT2D eigenvalue weighted by Crippen LogP contribution is -2.41. The Morgan fingerprint density at radius 1 is 1.35 bits per heavy atom. The summed E-state index contributed by atoms with van der Waals surface area (Å²) < 4.78 is 5.72. The lowest BCUT2D eigenvalue weighted by molar-refractivity contribution is 0.158. The quantitative estimate of drug-likeness (QED) is 0.792. The fourth-order valence-corrected chi connectivity index (χ4v) is 2.59. The number of halogens is 1. The number of hydrogen-bond acceptors (Lipinski definition) is 2. The summed E-state index contributed by atoms with van der Waals surface area (Å²) in [5.41, 5.74) is 0. The van der Waals surface area contributed by atoms with Crippen LogP contribution in [-0.4, -0.2) is 36.0 Å². The molecule has 1 aromatic carbocycles. The van der Waals surface area contributed by atoms with E-state index in [0.29, 0.717) is 4.83 Å². The van der Waals surface area contributed by atoms with Crippen LogP contribution in [0, 0.1) is 5.92 Å². The van der Waals surface area contributed by atoms with Gasteiger partial charge in [0.15, 0.2) is 0 Å². The van der Waals surface area contributed by atoms with Crippen molar-refractivity contribution in [1.82, 2.24) is 4.90 Å². The third-order valence-electron chi connectivity index (χ3n) is 3.30. The fourth-order valence-electron chi connectivity index (χ4n) is 2.22. The van der Waals surface area contributed by atoms with E-state index in [1.807, 2.05) is 30.3 Å². The minimum absolute atomic E-state index is 0.689. The average Bonchev–Trinajstić information content (AvgIpc) is 2.35. The fraction of sp³-hybridized carbons (Fsp3) is 0.571. The molecule has 1 aliphatic rings. The molecule has 2 unspecified atom stereocenters. The van der Waals surface area contributed by atoms with Gasteiger partial charge in [-0.05, 0) is 31.0 Å². The molecule has 1 aliphatic heterocycles. The van der Waals surface area contributed by atoms with Crippen LogP contribution in [0.3, 0.4) is 0 Å². The summed E-state index contributed by atoms with van der Waals surface area (Å²) in [6.07, 6.45) is 1.24. The first-order valence-electron chi connectivity index (χ1n) is 6.30. The SMILES string of the molecule is CC1CN(CCOc2ccccc2)CCC1Br. The molecule has 0 aromatic heterocycles. The largest absolute Gasteiger partial charge is 0.492 e. The molecule has 1 fully saturated rings. The molecule has 0 aliphatic carbocycles. The van der Waals surface area contributed by atoms with Crippen LogP contribution in [0.5, 0.6) is 5.75 Å². The van der Waals surface area contributed by atoms with E-state index in [4.69, 9.17) is 4.74 Å². The van der Waals surface area contributed by atoms with Crippen LogP contribution < -0.4 is 4.74 Å². The van der Waals surface area contributed by atoms with Crippen molar-refractivity contribution < 1.29 is 4.74 Å². The smallest absolute Gasteiger partial charge is 0.119 e. The van der Waals surface area contributed by atoms with Gasteiger partial charge in [-0.1, -0.05) is 41.1 Å². The van der Waals surface area contributed by atoms with Gasteiger partial charge in [0, 0.05) is 17.9 Å². The van der Waals surface area contributed by atoms with Crippen LogP contribution in [0.1, 0.15) is 13.3 Å². The minimum Gasteiger partial charge on any atom is -0.492 e. The predicted octanol–water partition coefficient (Wildman–Crippen LogP) is 3.17. The number of piperidine rings is 1. The van der Waals surface area contributed by atoms with E-state index >= 15 is 0 Å². The van der Waals surface area contributed by atoms with Crippen molar-refractivity contribution in [3.63, 3.8) is 0 Å². The molecule has 0 radical (unpaired) electrons. The van der Waals surface area contributed by atoms with E-state index in [2.05, 4.69) is 27.8 Å². The van der Waals surface area contributed by atoms with Gasteiger partial charge in [0.1, 0.15) is 12.4 Å². The van der Waals surface area contributed by atoms with Crippen molar-refractivity contribution in [2.75, 3.05) is 26.2 Å². The monoisotopic (exact) mass is 297 g/mol. The van der Waals surface area contributed by atoms with E-state index in [0.717, 1.165) is 24.8 Å². The van der Waals surface area contributed by atoms with Crippen LogP contribution in [0.25, 0.3) is 0 Å². The van der Waals surface area contributed by atoms with Crippen molar-refractivity contribution in [2.45, 2.75) is 18.2 Å². The second-order valence-electron chi connectivity index (χ2n) is 4.74. The zero-order valence-corrected chi connectivity index (χ0v) is 11.9. The second kappa shape index (κ2) is 6.41. The Morgan fingerprint density at radius 2 is 2.12 bits per heavy atom. The highest BCUT2D eigenvalue weighted by Crippen LogP contribution is 2.23. The van der Waals surface area contributed by atoms with E-state index in [-0.39, 0.29) is 0 Å². The van der Waals surface area contributed by atoms with E-state index in [1.165, 1.54) is 19.5 Å². The van der Waals surface area contributed by atoms with Gasteiger partial charge >= 0.3 is 0 Å². The summed E-state index contributed by atoms with van der Waals surface area (Å²) in [6, 6.07) is 10.0. The summed E-state index contributed by atoms with van der Waals surface area (Å²) in [5.74, 6) is 1.71. The molecule has 0 N–H and O–H groups in total. The lowest BCUT2D eigenvalue weighted by atomic mass is 10.0. The number of ether oxygens (including phenoxy) is 1. The molecule has 0 spiro atoms. The highest BCUT2D eigenvalue weighted by atomic mass is 79.9. The summed E-state index contributed by atoms with van der Waals surface area (Å²) in [5, 5.41) is 0. The van der Waals surface area contributed by atoms with Crippen molar-refractivity contribution in [1.29, 1.82) is 0 Å². The maximum absolute atomic E-state index is 5.72. The Labute approximate surface area is 112 Å². The van der Waals surface area contributed by atoms with Crippen LogP contribution in [0.2, 0.25) is 0 Å².